The van der Waals surface area contributed by atoms with Gasteiger partial charge in [0.25, 0.3) is 0 Å². The van der Waals surface area contributed by atoms with Gasteiger partial charge in [-0.05, 0) is 46.8 Å². The van der Waals surface area contributed by atoms with Crippen molar-refractivity contribution >= 4 is 39.9 Å². The zero-order valence-corrected chi connectivity index (χ0v) is 15.7. The van der Waals surface area contributed by atoms with E-state index in [1.165, 1.54) is 10.5 Å². The molecule has 1 N–H and O–H groups in total. The van der Waals surface area contributed by atoms with Crippen molar-refractivity contribution in [3.05, 3.63) is 50.5 Å². The second kappa shape index (κ2) is 7.56. The SMILES string of the molecule is Cc1ccccc1SCc1nc(=S)c(Br)c(CC(C)C)[nH]1. The minimum Gasteiger partial charge on any atom is -0.345 e. The summed E-state index contributed by atoms with van der Waals surface area (Å²) < 4.78 is 1.57. The molecule has 0 amide bonds. The Hall–Kier alpha value is -0.650. The van der Waals surface area contributed by atoms with Gasteiger partial charge in [-0.2, -0.15) is 0 Å². The number of thioether (sulfide) groups is 1. The van der Waals surface area contributed by atoms with Crippen molar-refractivity contribution in [2.45, 2.75) is 37.8 Å². The normalized spacial score (nSPS) is 11.1. The molecule has 0 atom stereocenters. The Morgan fingerprint density at radius 3 is 2.71 bits per heavy atom. The molecule has 0 aliphatic rings. The lowest BCUT2D eigenvalue weighted by Crippen LogP contribution is -2.04. The molecule has 2 nitrogen and oxygen atoms in total. The number of hydrogen-bond donors (Lipinski definition) is 1. The monoisotopic (exact) mass is 382 g/mol. The van der Waals surface area contributed by atoms with Crippen molar-refractivity contribution in [3.63, 3.8) is 0 Å². The summed E-state index contributed by atoms with van der Waals surface area (Å²) >= 11 is 10.7. The minimum atomic E-state index is 0.575. The topological polar surface area (TPSA) is 28.7 Å². The lowest BCUT2D eigenvalue weighted by Gasteiger charge is -2.11. The van der Waals surface area contributed by atoms with Gasteiger partial charge in [0.2, 0.25) is 0 Å². The second-order valence-electron chi connectivity index (χ2n) is 5.43. The Kier molecular flexibility index (Phi) is 6.02. The van der Waals surface area contributed by atoms with E-state index in [4.69, 9.17) is 12.2 Å². The summed E-state index contributed by atoms with van der Waals surface area (Å²) in [5.41, 5.74) is 2.44. The highest BCUT2D eigenvalue weighted by Gasteiger charge is 2.09. The predicted octanol–water partition coefficient (Wildman–Crippen LogP) is 5.70. The Morgan fingerprint density at radius 1 is 1.33 bits per heavy atom. The molecule has 2 aromatic rings. The van der Waals surface area contributed by atoms with Gasteiger partial charge in [-0.1, -0.05) is 44.3 Å². The fraction of sp³-hybridized carbons (Fsp3) is 0.375. The van der Waals surface area contributed by atoms with Crippen molar-refractivity contribution in [2.75, 3.05) is 0 Å². The van der Waals surface area contributed by atoms with Gasteiger partial charge in [0.15, 0.2) is 0 Å². The molecule has 0 aliphatic heterocycles. The summed E-state index contributed by atoms with van der Waals surface area (Å²) in [4.78, 5) is 9.19. The molecule has 0 aliphatic carbocycles. The van der Waals surface area contributed by atoms with Gasteiger partial charge in [-0.15, -0.1) is 11.8 Å². The van der Waals surface area contributed by atoms with E-state index in [1.807, 2.05) is 0 Å². The molecule has 112 valence electrons. The van der Waals surface area contributed by atoms with Gasteiger partial charge in [0.1, 0.15) is 10.5 Å². The number of rotatable bonds is 5. The number of nitrogens with zero attached hydrogens (tertiary/aromatic N) is 1. The van der Waals surface area contributed by atoms with Crippen LogP contribution in [0.3, 0.4) is 0 Å². The maximum absolute atomic E-state index is 5.35. The van der Waals surface area contributed by atoms with Gasteiger partial charge in [0.05, 0.1) is 10.2 Å². The highest BCUT2D eigenvalue weighted by molar-refractivity contribution is 9.10. The van der Waals surface area contributed by atoms with Crippen LogP contribution in [-0.4, -0.2) is 9.97 Å². The zero-order chi connectivity index (χ0) is 15.4. The maximum atomic E-state index is 5.35. The first-order chi connectivity index (χ1) is 9.97. The standard InChI is InChI=1S/C16H19BrN2S2/c1-10(2)8-12-15(17)16(20)19-14(18-12)9-21-13-7-5-4-6-11(13)3/h4-7,10H,8-9H2,1-3H3,(H,18,19,20). The van der Waals surface area contributed by atoms with Crippen LogP contribution >= 0.6 is 39.9 Å². The number of halogens is 1. The number of H-pyrrole nitrogens is 1. The van der Waals surface area contributed by atoms with Crippen molar-refractivity contribution in [1.29, 1.82) is 0 Å². The summed E-state index contributed by atoms with van der Waals surface area (Å²) in [7, 11) is 0. The van der Waals surface area contributed by atoms with Crippen LogP contribution in [0, 0.1) is 17.5 Å². The number of benzene rings is 1. The Labute approximate surface area is 143 Å². The molecule has 0 fully saturated rings. The molecule has 0 unspecified atom stereocenters. The molecule has 0 saturated carbocycles. The van der Waals surface area contributed by atoms with Gasteiger partial charge in [0, 0.05) is 10.6 Å². The average molecular weight is 383 g/mol. The first kappa shape index (κ1) is 16.7. The van der Waals surface area contributed by atoms with E-state index in [-0.39, 0.29) is 0 Å². The van der Waals surface area contributed by atoms with Gasteiger partial charge >= 0.3 is 0 Å². The van der Waals surface area contributed by atoms with Crippen LogP contribution in [0.2, 0.25) is 0 Å². The van der Waals surface area contributed by atoms with E-state index in [0.29, 0.717) is 10.6 Å². The zero-order valence-electron chi connectivity index (χ0n) is 12.4. The van der Waals surface area contributed by atoms with E-state index in [9.17, 15) is 0 Å². The molecular weight excluding hydrogens is 364 g/mol. The van der Waals surface area contributed by atoms with Crippen molar-refractivity contribution in [1.82, 2.24) is 9.97 Å². The third kappa shape index (κ3) is 4.66. The molecule has 0 saturated heterocycles. The van der Waals surface area contributed by atoms with E-state index in [0.717, 1.165) is 28.2 Å². The molecular formula is C16H19BrN2S2. The molecule has 0 radical (unpaired) electrons. The summed E-state index contributed by atoms with van der Waals surface area (Å²) in [5, 5.41) is 0. The van der Waals surface area contributed by atoms with Crippen LogP contribution < -0.4 is 0 Å². The van der Waals surface area contributed by atoms with Crippen LogP contribution in [0.4, 0.5) is 0 Å². The van der Waals surface area contributed by atoms with Crippen LogP contribution in [0.1, 0.15) is 30.9 Å². The van der Waals surface area contributed by atoms with E-state index in [1.54, 1.807) is 11.8 Å². The highest BCUT2D eigenvalue weighted by atomic mass is 79.9. The quantitative estimate of drug-likeness (QED) is 0.530. The highest BCUT2D eigenvalue weighted by Crippen LogP contribution is 2.26. The Balaban J connectivity index is 2.19. The smallest absolute Gasteiger partial charge is 0.144 e. The lowest BCUT2D eigenvalue weighted by molar-refractivity contribution is 0.629. The van der Waals surface area contributed by atoms with Crippen LogP contribution in [0.15, 0.2) is 33.6 Å². The summed E-state index contributed by atoms with van der Waals surface area (Å²) in [6.07, 6.45) is 0.967. The van der Waals surface area contributed by atoms with Crippen molar-refractivity contribution < 1.29 is 0 Å². The van der Waals surface area contributed by atoms with Crippen LogP contribution in [-0.2, 0) is 12.2 Å². The fourth-order valence-corrected chi connectivity index (χ4v) is 3.52. The number of nitrogens with one attached hydrogen (secondary N) is 1. The Bertz CT molecular complexity index is 680. The number of aryl methyl sites for hydroxylation is 1. The van der Waals surface area contributed by atoms with Gasteiger partial charge in [-0.3, -0.25) is 0 Å². The molecule has 21 heavy (non-hydrogen) atoms. The fourth-order valence-electron chi connectivity index (χ4n) is 2.04. The molecule has 0 bridgehead atoms. The van der Waals surface area contributed by atoms with Gasteiger partial charge in [-0.25, -0.2) is 4.98 Å². The van der Waals surface area contributed by atoms with Crippen LogP contribution in [0.5, 0.6) is 0 Å². The minimum absolute atomic E-state index is 0.575. The molecule has 1 aromatic heterocycles. The van der Waals surface area contributed by atoms with Gasteiger partial charge < -0.3 is 4.98 Å². The first-order valence-corrected chi connectivity index (χ1v) is 9.12. The van der Waals surface area contributed by atoms with Crippen molar-refractivity contribution in [2.24, 2.45) is 5.92 Å². The molecule has 1 aromatic carbocycles. The molecule has 2 rings (SSSR count). The first-order valence-electron chi connectivity index (χ1n) is 6.93. The summed E-state index contributed by atoms with van der Waals surface area (Å²) in [6.45, 7) is 6.53. The Morgan fingerprint density at radius 2 is 2.05 bits per heavy atom. The van der Waals surface area contributed by atoms with E-state index in [2.05, 4.69) is 70.9 Å². The van der Waals surface area contributed by atoms with Crippen molar-refractivity contribution in [3.8, 4) is 0 Å². The van der Waals surface area contributed by atoms with E-state index < -0.39 is 0 Å². The summed E-state index contributed by atoms with van der Waals surface area (Å²) in [6, 6.07) is 8.40. The number of aromatic nitrogens is 2. The third-order valence-corrected chi connectivity index (χ3v) is 5.65. The lowest BCUT2D eigenvalue weighted by atomic mass is 10.1. The average Bonchev–Trinajstić information content (AvgIpc) is 2.42. The molecule has 1 heterocycles. The third-order valence-electron chi connectivity index (χ3n) is 3.05. The molecule has 0 spiro atoms. The van der Waals surface area contributed by atoms with E-state index >= 15 is 0 Å². The number of hydrogen-bond acceptors (Lipinski definition) is 3. The number of aromatic amines is 1. The largest absolute Gasteiger partial charge is 0.345 e. The predicted molar refractivity (Wildman–Crippen MR) is 96.4 cm³/mol. The second-order valence-corrected chi connectivity index (χ2v) is 7.63. The van der Waals surface area contributed by atoms with Crippen LogP contribution in [0.25, 0.3) is 0 Å². The summed E-state index contributed by atoms with van der Waals surface area (Å²) in [5.74, 6) is 2.31. The molecule has 5 heteroatoms. The maximum Gasteiger partial charge on any atom is 0.144 e.